The zero-order chi connectivity index (χ0) is 8.10. The molecule has 0 radical (unpaired) electrons. The van der Waals surface area contributed by atoms with E-state index in [1.54, 1.807) is 11.3 Å². The van der Waals surface area contributed by atoms with E-state index in [2.05, 4.69) is 10.5 Å². The average molecular weight is 172 g/mol. The van der Waals surface area contributed by atoms with Gasteiger partial charge in [0.1, 0.15) is 0 Å². The predicted octanol–water partition coefficient (Wildman–Crippen LogP) is 1.49. The maximum absolute atomic E-state index is 4.96. The predicted molar refractivity (Wildman–Crippen MR) is 45.3 cm³/mol. The fourth-order valence-corrected chi connectivity index (χ4v) is 1.33. The van der Waals surface area contributed by atoms with Crippen LogP contribution in [0, 0.1) is 6.92 Å². The Kier molecular flexibility index (Phi) is 3.48. The van der Waals surface area contributed by atoms with Crippen LogP contribution in [-0.4, -0.2) is 11.6 Å². The van der Waals surface area contributed by atoms with Crippen molar-refractivity contribution in [1.82, 2.24) is 10.5 Å². The molecule has 3 nitrogen and oxygen atoms in total. The molecule has 1 aromatic rings. The van der Waals surface area contributed by atoms with Crippen molar-refractivity contribution in [3.05, 3.63) is 16.1 Å². The van der Waals surface area contributed by atoms with Gasteiger partial charge in [-0.1, -0.05) is 0 Å². The topological polar surface area (TPSA) is 34.1 Å². The number of aromatic nitrogens is 1. The molecule has 0 aliphatic heterocycles. The van der Waals surface area contributed by atoms with E-state index in [1.807, 2.05) is 19.2 Å². The minimum atomic E-state index is 0.684. The first-order chi connectivity index (χ1) is 5.33. The maximum Gasteiger partial charge on any atom is 0.0897 e. The Morgan fingerprint density at radius 3 is 3.09 bits per heavy atom. The number of nitrogens with zero attached hydrogens (tertiary/aromatic N) is 1. The van der Waals surface area contributed by atoms with E-state index in [4.69, 9.17) is 4.84 Å². The summed E-state index contributed by atoms with van der Waals surface area (Å²) in [6.45, 7) is 5.31. The molecule has 0 saturated carbocycles. The number of hydrogen-bond acceptors (Lipinski definition) is 4. The summed E-state index contributed by atoms with van der Waals surface area (Å²) in [4.78, 5) is 9.22. The highest BCUT2D eigenvalue weighted by molar-refractivity contribution is 7.09. The smallest absolute Gasteiger partial charge is 0.0897 e. The van der Waals surface area contributed by atoms with Crippen molar-refractivity contribution >= 4 is 11.3 Å². The minimum Gasteiger partial charge on any atom is -0.302 e. The zero-order valence-corrected chi connectivity index (χ0v) is 7.57. The molecule has 62 valence electrons. The van der Waals surface area contributed by atoms with Gasteiger partial charge < -0.3 is 4.84 Å². The molecule has 0 aliphatic carbocycles. The highest BCUT2D eigenvalue weighted by Gasteiger charge is 1.95. The first-order valence-corrected chi connectivity index (χ1v) is 4.46. The molecule has 0 unspecified atom stereocenters. The van der Waals surface area contributed by atoms with E-state index >= 15 is 0 Å². The van der Waals surface area contributed by atoms with Crippen LogP contribution in [0.15, 0.2) is 5.38 Å². The molecule has 1 heterocycles. The summed E-state index contributed by atoms with van der Waals surface area (Å²) >= 11 is 1.66. The van der Waals surface area contributed by atoms with E-state index in [-0.39, 0.29) is 0 Å². The number of hydroxylamine groups is 1. The molecule has 0 aliphatic rings. The Labute approximate surface area is 70.4 Å². The monoisotopic (exact) mass is 172 g/mol. The first-order valence-electron chi connectivity index (χ1n) is 3.58. The van der Waals surface area contributed by atoms with E-state index < -0.39 is 0 Å². The van der Waals surface area contributed by atoms with Gasteiger partial charge in [-0.05, 0) is 13.8 Å². The molecule has 0 saturated heterocycles. The number of aryl methyl sites for hydroxylation is 1. The maximum atomic E-state index is 4.96. The molecule has 0 atom stereocenters. The van der Waals surface area contributed by atoms with Gasteiger partial charge in [0.15, 0.2) is 0 Å². The molecule has 0 bridgehead atoms. The normalized spacial score (nSPS) is 10.4. The third kappa shape index (κ3) is 2.96. The highest BCUT2D eigenvalue weighted by Crippen LogP contribution is 2.06. The molecule has 11 heavy (non-hydrogen) atoms. The lowest BCUT2D eigenvalue weighted by atomic mass is 10.5. The Bertz CT molecular complexity index is 212. The molecule has 0 aromatic carbocycles. The van der Waals surface area contributed by atoms with Crippen LogP contribution in [-0.2, 0) is 11.4 Å². The van der Waals surface area contributed by atoms with Crippen molar-refractivity contribution in [1.29, 1.82) is 0 Å². The number of rotatable bonds is 4. The minimum absolute atomic E-state index is 0.684. The molecular weight excluding hydrogens is 160 g/mol. The van der Waals surface area contributed by atoms with E-state index in [1.165, 1.54) is 0 Å². The molecule has 1 N–H and O–H groups in total. The SMILES string of the molecule is CCONCc1csc(C)n1. The first kappa shape index (κ1) is 8.64. The van der Waals surface area contributed by atoms with Crippen molar-refractivity contribution in [2.24, 2.45) is 0 Å². The van der Waals surface area contributed by atoms with Gasteiger partial charge in [0, 0.05) is 5.38 Å². The van der Waals surface area contributed by atoms with Gasteiger partial charge in [-0.2, -0.15) is 5.48 Å². The third-order valence-corrected chi connectivity index (χ3v) is 1.99. The number of nitrogens with one attached hydrogen (secondary N) is 1. The van der Waals surface area contributed by atoms with Crippen molar-refractivity contribution in [2.75, 3.05) is 6.61 Å². The van der Waals surface area contributed by atoms with Crippen molar-refractivity contribution < 1.29 is 4.84 Å². The molecule has 0 spiro atoms. The van der Waals surface area contributed by atoms with Crippen LogP contribution >= 0.6 is 11.3 Å². The summed E-state index contributed by atoms with van der Waals surface area (Å²) < 4.78 is 0. The number of hydrogen-bond donors (Lipinski definition) is 1. The Hall–Kier alpha value is -0.450. The summed E-state index contributed by atoms with van der Waals surface area (Å²) in [5.74, 6) is 0. The molecule has 0 amide bonds. The van der Waals surface area contributed by atoms with Crippen LogP contribution < -0.4 is 5.48 Å². The Balaban J connectivity index is 2.27. The second-order valence-electron chi connectivity index (χ2n) is 2.11. The third-order valence-electron chi connectivity index (χ3n) is 1.17. The summed E-state index contributed by atoms with van der Waals surface area (Å²) in [5.41, 5.74) is 3.85. The van der Waals surface area contributed by atoms with Crippen LogP contribution in [0.1, 0.15) is 17.6 Å². The Morgan fingerprint density at radius 2 is 2.55 bits per heavy atom. The van der Waals surface area contributed by atoms with Crippen molar-refractivity contribution in [3.8, 4) is 0 Å². The van der Waals surface area contributed by atoms with Gasteiger partial charge in [0.25, 0.3) is 0 Å². The van der Waals surface area contributed by atoms with E-state index in [9.17, 15) is 0 Å². The van der Waals surface area contributed by atoms with Crippen LogP contribution in [0.2, 0.25) is 0 Å². The molecule has 1 aromatic heterocycles. The zero-order valence-electron chi connectivity index (χ0n) is 6.76. The Morgan fingerprint density at radius 1 is 1.73 bits per heavy atom. The van der Waals surface area contributed by atoms with E-state index in [0.717, 1.165) is 10.7 Å². The summed E-state index contributed by atoms with van der Waals surface area (Å²) in [5, 5.41) is 3.12. The average Bonchev–Trinajstić information content (AvgIpc) is 2.37. The fourth-order valence-electron chi connectivity index (χ4n) is 0.716. The van der Waals surface area contributed by atoms with Crippen LogP contribution in [0.3, 0.4) is 0 Å². The second kappa shape index (κ2) is 4.43. The fraction of sp³-hybridized carbons (Fsp3) is 0.571. The standard InChI is InChI=1S/C7H12N2OS/c1-3-10-8-4-7-5-11-6(2)9-7/h5,8H,3-4H2,1-2H3. The van der Waals surface area contributed by atoms with Gasteiger partial charge >= 0.3 is 0 Å². The van der Waals surface area contributed by atoms with Gasteiger partial charge in [-0.3, -0.25) is 0 Å². The van der Waals surface area contributed by atoms with Gasteiger partial charge in [-0.15, -0.1) is 11.3 Å². The van der Waals surface area contributed by atoms with Gasteiger partial charge in [-0.25, -0.2) is 4.98 Å². The van der Waals surface area contributed by atoms with Crippen molar-refractivity contribution in [2.45, 2.75) is 20.4 Å². The van der Waals surface area contributed by atoms with Gasteiger partial charge in [0.2, 0.25) is 0 Å². The lowest BCUT2D eigenvalue weighted by Crippen LogP contribution is -2.13. The lowest BCUT2D eigenvalue weighted by molar-refractivity contribution is 0.0457. The summed E-state index contributed by atoms with van der Waals surface area (Å²) in [7, 11) is 0. The summed E-state index contributed by atoms with van der Waals surface area (Å²) in [6, 6.07) is 0. The highest BCUT2D eigenvalue weighted by atomic mass is 32.1. The van der Waals surface area contributed by atoms with E-state index in [0.29, 0.717) is 13.2 Å². The summed E-state index contributed by atoms with van der Waals surface area (Å²) in [6.07, 6.45) is 0. The molecular formula is C7H12N2OS. The van der Waals surface area contributed by atoms with Crippen LogP contribution in [0.4, 0.5) is 0 Å². The lowest BCUT2D eigenvalue weighted by Gasteiger charge is -1.98. The molecule has 4 heteroatoms. The number of thiazole rings is 1. The second-order valence-corrected chi connectivity index (χ2v) is 3.17. The van der Waals surface area contributed by atoms with Crippen LogP contribution in [0.25, 0.3) is 0 Å². The quantitative estimate of drug-likeness (QED) is 0.552. The van der Waals surface area contributed by atoms with Gasteiger partial charge in [0.05, 0.1) is 23.9 Å². The molecule has 1 rings (SSSR count). The largest absolute Gasteiger partial charge is 0.302 e. The molecule has 0 fully saturated rings. The van der Waals surface area contributed by atoms with Crippen molar-refractivity contribution in [3.63, 3.8) is 0 Å². The van der Waals surface area contributed by atoms with Crippen LogP contribution in [0.5, 0.6) is 0 Å².